The van der Waals surface area contributed by atoms with Gasteiger partial charge in [0.1, 0.15) is 5.75 Å². The van der Waals surface area contributed by atoms with Crippen LogP contribution in [0.2, 0.25) is 0 Å². The van der Waals surface area contributed by atoms with Gasteiger partial charge in [0, 0.05) is 4.88 Å². The van der Waals surface area contributed by atoms with Gasteiger partial charge in [0.25, 0.3) is 5.91 Å². The van der Waals surface area contributed by atoms with Gasteiger partial charge in [0.15, 0.2) is 4.32 Å². The maximum atomic E-state index is 12.6. The molecule has 22 heavy (non-hydrogen) atoms. The van der Waals surface area contributed by atoms with E-state index in [-0.39, 0.29) is 5.91 Å². The largest absolute Gasteiger partial charge is 0.494 e. The zero-order chi connectivity index (χ0) is 15.5. The third-order valence-corrected chi connectivity index (χ3v) is 5.14. The molecule has 0 aliphatic carbocycles. The number of anilines is 1. The molecule has 1 aliphatic rings. The van der Waals surface area contributed by atoms with Gasteiger partial charge in [0.05, 0.1) is 17.2 Å². The van der Waals surface area contributed by atoms with Gasteiger partial charge in [-0.2, -0.15) is 0 Å². The summed E-state index contributed by atoms with van der Waals surface area (Å²) in [6.07, 6.45) is 1.89. The lowest BCUT2D eigenvalue weighted by Gasteiger charge is -2.15. The lowest BCUT2D eigenvalue weighted by atomic mass is 10.2. The van der Waals surface area contributed by atoms with E-state index in [1.807, 2.05) is 54.8 Å². The Morgan fingerprint density at radius 2 is 2.05 bits per heavy atom. The molecule has 0 spiro atoms. The van der Waals surface area contributed by atoms with Crippen LogP contribution in [0.25, 0.3) is 6.08 Å². The quantitative estimate of drug-likeness (QED) is 0.599. The van der Waals surface area contributed by atoms with Crippen LogP contribution >= 0.6 is 35.3 Å². The van der Waals surface area contributed by atoms with Crippen LogP contribution in [0.1, 0.15) is 11.8 Å². The van der Waals surface area contributed by atoms with Gasteiger partial charge in [-0.1, -0.05) is 30.0 Å². The molecule has 0 bridgehead atoms. The van der Waals surface area contributed by atoms with Crippen molar-refractivity contribution in [3.05, 3.63) is 51.6 Å². The zero-order valence-corrected chi connectivity index (χ0v) is 14.3. The lowest BCUT2D eigenvalue weighted by molar-refractivity contribution is -0.113. The van der Waals surface area contributed by atoms with E-state index in [1.54, 1.807) is 16.2 Å². The Bertz CT molecular complexity index is 720. The van der Waals surface area contributed by atoms with Crippen LogP contribution < -0.4 is 9.64 Å². The molecule has 6 heteroatoms. The van der Waals surface area contributed by atoms with E-state index >= 15 is 0 Å². The number of hydrogen-bond donors (Lipinski definition) is 0. The Morgan fingerprint density at radius 1 is 1.27 bits per heavy atom. The number of rotatable bonds is 4. The number of thiophene rings is 1. The minimum atomic E-state index is -0.0763. The first kappa shape index (κ1) is 15.3. The van der Waals surface area contributed by atoms with E-state index in [4.69, 9.17) is 17.0 Å². The molecule has 2 aromatic rings. The highest BCUT2D eigenvalue weighted by Gasteiger charge is 2.33. The number of thiocarbonyl (C=S) groups is 1. The van der Waals surface area contributed by atoms with Crippen LogP contribution in [0, 0.1) is 0 Å². The smallest absolute Gasteiger partial charge is 0.270 e. The normalized spacial score (nSPS) is 16.6. The van der Waals surface area contributed by atoms with E-state index in [9.17, 15) is 4.79 Å². The molecular weight excluding hydrogens is 334 g/mol. The summed E-state index contributed by atoms with van der Waals surface area (Å²) in [6, 6.07) is 11.3. The van der Waals surface area contributed by atoms with Crippen molar-refractivity contribution in [3.63, 3.8) is 0 Å². The summed E-state index contributed by atoms with van der Waals surface area (Å²) < 4.78 is 5.97. The predicted octanol–water partition coefficient (Wildman–Crippen LogP) is 4.55. The summed E-state index contributed by atoms with van der Waals surface area (Å²) in [6.45, 7) is 2.55. The Hall–Kier alpha value is -1.63. The minimum absolute atomic E-state index is 0.0763. The maximum absolute atomic E-state index is 12.6. The molecule has 112 valence electrons. The number of carbonyl (C=O) groups excluding carboxylic acids is 1. The summed E-state index contributed by atoms with van der Waals surface area (Å²) in [7, 11) is 0. The number of amides is 1. The Balaban J connectivity index is 1.85. The SMILES string of the molecule is CCOc1ccc(N2C(=O)C(=Cc3cccs3)SC2=S)cc1. The molecule has 0 radical (unpaired) electrons. The van der Waals surface area contributed by atoms with E-state index in [0.29, 0.717) is 15.8 Å². The topological polar surface area (TPSA) is 29.5 Å². The molecule has 1 aliphatic heterocycles. The highest BCUT2D eigenvalue weighted by atomic mass is 32.2. The average molecular weight is 347 g/mol. The summed E-state index contributed by atoms with van der Waals surface area (Å²) in [4.78, 5) is 15.8. The molecule has 3 rings (SSSR count). The lowest BCUT2D eigenvalue weighted by Crippen LogP contribution is -2.27. The van der Waals surface area contributed by atoms with Crippen molar-refractivity contribution >= 4 is 57.3 Å². The summed E-state index contributed by atoms with van der Waals surface area (Å²) in [5.74, 6) is 0.707. The van der Waals surface area contributed by atoms with Crippen LogP contribution in [-0.2, 0) is 4.79 Å². The minimum Gasteiger partial charge on any atom is -0.494 e. The number of thioether (sulfide) groups is 1. The molecule has 0 N–H and O–H groups in total. The maximum Gasteiger partial charge on any atom is 0.270 e. The van der Waals surface area contributed by atoms with E-state index in [2.05, 4.69) is 0 Å². The van der Waals surface area contributed by atoms with Gasteiger partial charge in [-0.15, -0.1) is 11.3 Å². The summed E-state index contributed by atoms with van der Waals surface area (Å²) >= 11 is 8.29. The molecule has 1 aromatic carbocycles. The fourth-order valence-electron chi connectivity index (χ4n) is 2.05. The van der Waals surface area contributed by atoms with Gasteiger partial charge >= 0.3 is 0 Å². The van der Waals surface area contributed by atoms with Gasteiger partial charge in [0.2, 0.25) is 0 Å². The second-order valence-electron chi connectivity index (χ2n) is 4.46. The zero-order valence-electron chi connectivity index (χ0n) is 11.8. The van der Waals surface area contributed by atoms with Crippen molar-refractivity contribution in [2.45, 2.75) is 6.92 Å². The number of hydrogen-bond acceptors (Lipinski definition) is 5. The number of carbonyl (C=O) groups is 1. The first-order chi connectivity index (χ1) is 10.7. The average Bonchev–Trinajstić information content (AvgIpc) is 3.10. The molecule has 1 saturated heterocycles. The molecule has 1 fully saturated rings. The molecule has 1 aromatic heterocycles. The second kappa shape index (κ2) is 6.64. The Morgan fingerprint density at radius 3 is 2.68 bits per heavy atom. The number of nitrogens with zero attached hydrogens (tertiary/aromatic N) is 1. The van der Waals surface area contributed by atoms with Crippen LogP contribution in [0.15, 0.2) is 46.7 Å². The van der Waals surface area contributed by atoms with E-state index in [0.717, 1.165) is 16.3 Å². The highest BCUT2D eigenvalue weighted by molar-refractivity contribution is 8.27. The van der Waals surface area contributed by atoms with Crippen LogP contribution in [-0.4, -0.2) is 16.8 Å². The molecule has 1 amide bonds. The third-order valence-electron chi connectivity index (χ3n) is 3.02. The number of ether oxygens (including phenoxy) is 1. The first-order valence-electron chi connectivity index (χ1n) is 6.73. The first-order valence-corrected chi connectivity index (χ1v) is 8.84. The van der Waals surface area contributed by atoms with Crippen LogP contribution in [0.3, 0.4) is 0 Å². The molecule has 0 unspecified atom stereocenters. The van der Waals surface area contributed by atoms with Crippen molar-refractivity contribution in [1.29, 1.82) is 0 Å². The Labute approximate surface area is 142 Å². The number of benzene rings is 1. The monoisotopic (exact) mass is 347 g/mol. The highest BCUT2D eigenvalue weighted by Crippen LogP contribution is 2.36. The van der Waals surface area contributed by atoms with Crippen molar-refractivity contribution in [3.8, 4) is 5.75 Å². The molecule has 2 heterocycles. The van der Waals surface area contributed by atoms with Crippen molar-refractivity contribution < 1.29 is 9.53 Å². The molecule has 0 atom stereocenters. The van der Waals surface area contributed by atoms with Gasteiger partial charge in [-0.3, -0.25) is 9.69 Å². The molecular formula is C16H13NO2S3. The van der Waals surface area contributed by atoms with Gasteiger partial charge in [-0.25, -0.2) is 0 Å². The summed E-state index contributed by atoms with van der Waals surface area (Å²) in [5, 5.41) is 1.99. The predicted molar refractivity (Wildman–Crippen MR) is 97.6 cm³/mol. The van der Waals surface area contributed by atoms with Gasteiger partial charge in [-0.05, 0) is 48.7 Å². The van der Waals surface area contributed by atoms with E-state index < -0.39 is 0 Å². The van der Waals surface area contributed by atoms with E-state index in [1.165, 1.54) is 11.8 Å². The van der Waals surface area contributed by atoms with Crippen LogP contribution in [0.5, 0.6) is 5.75 Å². The third kappa shape index (κ3) is 3.09. The molecule has 3 nitrogen and oxygen atoms in total. The van der Waals surface area contributed by atoms with Crippen LogP contribution in [0.4, 0.5) is 5.69 Å². The van der Waals surface area contributed by atoms with Gasteiger partial charge < -0.3 is 4.74 Å². The fourth-order valence-corrected chi connectivity index (χ4v) is 4.07. The fraction of sp³-hybridized carbons (Fsp3) is 0.125. The van der Waals surface area contributed by atoms with Crippen molar-refractivity contribution in [1.82, 2.24) is 0 Å². The van der Waals surface area contributed by atoms with Crippen molar-refractivity contribution in [2.24, 2.45) is 0 Å². The van der Waals surface area contributed by atoms with Crippen molar-refractivity contribution in [2.75, 3.05) is 11.5 Å². The summed E-state index contributed by atoms with van der Waals surface area (Å²) in [5.41, 5.74) is 0.764. The second-order valence-corrected chi connectivity index (χ2v) is 7.11. The standard InChI is InChI=1S/C16H13NO2S3/c1-2-19-12-7-5-11(6-8-12)17-15(18)14(22-16(17)20)10-13-4-3-9-21-13/h3-10H,2H2,1H3. The Kier molecular flexibility index (Phi) is 4.61. The molecule has 0 saturated carbocycles.